The van der Waals surface area contributed by atoms with Gasteiger partial charge in [-0.1, -0.05) is 18.2 Å². The summed E-state index contributed by atoms with van der Waals surface area (Å²) in [5, 5.41) is 8.76. The lowest BCUT2D eigenvalue weighted by atomic mass is 10.2. The van der Waals surface area contributed by atoms with Crippen LogP contribution in [0.1, 0.15) is 6.42 Å². The monoisotopic (exact) mass is 273 g/mol. The molecule has 0 saturated carbocycles. The average Bonchev–Trinajstić information content (AvgIpc) is 2.48. The number of hydrogen-bond acceptors (Lipinski definition) is 4. The van der Waals surface area contributed by atoms with E-state index < -0.39 is 0 Å². The van der Waals surface area contributed by atoms with E-state index in [1.54, 1.807) is 0 Å². The molecule has 0 spiro atoms. The van der Waals surface area contributed by atoms with E-state index in [1.807, 2.05) is 54.6 Å². The number of benzene rings is 2. The Morgan fingerprint density at radius 2 is 1.50 bits per heavy atom. The molecular formula is C16H19NO3. The molecule has 0 amide bonds. The van der Waals surface area contributed by atoms with Crippen molar-refractivity contribution in [3.8, 4) is 17.2 Å². The van der Waals surface area contributed by atoms with Crippen molar-refractivity contribution < 1.29 is 14.6 Å². The molecule has 0 saturated heterocycles. The van der Waals surface area contributed by atoms with Crippen molar-refractivity contribution in [2.75, 3.05) is 13.2 Å². The maximum atomic E-state index is 8.76. The van der Waals surface area contributed by atoms with Crippen LogP contribution in [0.15, 0.2) is 54.6 Å². The Morgan fingerprint density at radius 3 is 2.15 bits per heavy atom. The summed E-state index contributed by atoms with van der Waals surface area (Å²) in [4.78, 5) is 0. The molecule has 2 rings (SSSR count). The highest BCUT2D eigenvalue weighted by molar-refractivity contribution is 5.35. The van der Waals surface area contributed by atoms with Gasteiger partial charge in [0.2, 0.25) is 0 Å². The van der Waals surface area contributed by atoms with Crippen molar-refractivity contribution in [2.24, 2.45) is 5.73 Å². The van der Waals surface area contributed by atoms with Gasteiger partial charge in [-0.25, -0.2) is 0 Å². The summed E-state index contributed by atoms with van der Waals surface area (Å²) in [5.74, 6) is 2.29. The van der Waals surface area contributed by atoms with Crippen molar-refractivity contribution in [1.29, 1.82) is 0 Å². The lowest BCUT2D eigenvalue weighted by Crippen LogP contribution is -2.28. The van der Waals surface area contributed by atoms with Gasteiger partial charge in [0.1, 0.15) is 23.9 Å². The number of para-hydroxylation sites is 1. The van der Waals surface area contributed by atoms with Gasteiger partial charge in [-0.15, -0.1) is 0 Å². The number of ether oxygens (including phenoxy) is 2. The Hall–Kier alpha value is -2.04. The summed E-state index contributed by atoms with van der Waals surface area (Å²) in [5.41, 5.74) is 5.75. The van der Waals surface area contributed by atoms with E-state index in [-0.39, 0.29) is 12.6 Å². The van der Waals surface area contributed by atoms with E-state index in [2.05, 4.69) is 0 Å². The van der Waals surface area contributed by atoms with E-state index in [9.17, 15) is 0 Å². The summed E-state index contributed by atoms with van der Waals surface area (Å²) in [7, 11) is 0. The third kappa shape index (κ3) is 4.57. The number of hydrogen-bond donors (Lipinski definition) is 2. The molecule has 106 valence electrons. The lowest BCUT2D eigenvalue weighted by molar-refractivity contribution is 0.233. The molecule has 0 bridgehead atoms. The van der Waals surface area contributed by atoms with Crippen molar-refractivity contribution in [3.63, 3.8) is 0 Å². The minimum Gasteiger partial charge on any atom is -0.492 e. The van der Waals surface area contributed by atoms with Crippen LogP contribution < -0.4 is 15.2 Å². The Bertz CT molecular complexity index is 499. The van der Waals surface area contributed by atoms with Crippen LogP contribution in [0.3, 0.4) is 0 Å². The normalized spacial score (nSPS) is 11.9. The van der Waals surface area contributed by atoms with E-state index >= 15 is 0 Å². The number of rotatable bonds is 7. The van der Waals surface area contributed by atoms with Gasteiger partial charge in [-0.2, -0.15) is 0 Å². The smallest absolute Gasteiger partial charge is 0.127 e. The van der Waals surface area contributed by atoms with Crippen LogP contribution in [-0.2, 0) is 0 Å². The molecule has 2 aromatic carbocycles. The van der Waals surface area contributed by atoms with E-state index in [4.69, 9.17) is 20.3 Å². The van der Waals surface area contributed by atoms with Crippen LogP contribution in [0.25, 0.3) is 0 Å². The molecule has 1 unspecified atom stereocenters. The van der Waals surface area contributed by atoms with Gasteiger partial charge in [0.25, 0.3) is 0 Å². The zero-order valence-electron chi connectivity index (χ0n) is 11.2. The first-order valence-corrected chi connectivity index (χ1v) is 6.60. The van der Waals surface area contributed by atoms with Gasteiger partial charge in [-0.3, -0.25) is 0 Å². The molecule has 4 nitrogen and oxygen atoms in total. The third-order valence-electron chi connectivity index (χ3n) is 2.77. The molecule has 0 heterocycles. The second-order valence-electron chi connectivity index (χ2n) is 4.47. The Labute approximate surface area is 118 Å². The van der Waals surface area contributed by atoms with Crippen molar-refractivity contribution >= 4 is 0 Å². The van der Waals surface area contributed by atoms with Crippen LogP contribution in [-0.4, -0.2) is 24.4 Å². The molecular weight excluding hydrogens is 254 g/mol. The molecule has 0 aliphatic rings. The summed E-state index contributed by atoms with van der Waals surface area (Å²) in [6, 6.07) is 16.8. The standard InChI is InChI=1S/C16H19NO3/c17-13(10-11-18)12-19-14-6-8-16(9-7-14)20-15-4-2-1-3-5-15/h1-9,13,18H,10-12,17H2. The van der Waals surface area contributed by atoms with Crippen molar-refractivity contribution in [3.05, 3.63) is 54.6 Å². The Kier molecular flexibility index (Phi) is 5.41. The molecule has 20 heavy (non-hydrogen) atoms. The van der Waals surface area contributed by atoms with Gasteiger partial charge in [0.15, 0.2) is 0 Å². The summed E-state index contributed by atoms with van der Waals surface area (Å²) in [6.07, 6.45) is 0.537. The fourth-order valence-electron chi connectivity index (χ4n) is 1.68. The third-order valence-corrected chi connectivity index (χ3v) is 2.77. The molecule has 0 fully saturated rings. The molecule has 4 heteroatoms. The summed E-state index contributed by atoms with van der Waals surface area (Å²) in [6.45, 7) is 0.466. The topological polar surface area (TPSA) is 64.7 Å². The van der Waals surface area contributed by atoms with E-state index in [1.165, 1.54) is 0 Å². The first-order valence-electron chi connectivity index (χ1n) is 6.60. The molecule has 0 aromatic heterocycles. The molecule has 3 N–H and O–H groups in total. The van der Waals surface area contributed by atoms with Crippen molar-refractivity contribution in [1.82, 2.24) is 0 Å². The Balaban J connectivity index is 1.87. The lowest BCUT2D eigenvalue weighted by Gasteiger charge is -2.12. The van der Waals surface area contributed by atoms with Crippen LogP contribution in [0.4, 0.5) is 0 Å². The van der Waals surface area contributed by atoms with Gasteiger partial charge >= 0.3 is 0 Å². The van der Waals surface area contributed by atoms with Gasteiger partial charge in [0.05, 0.1) is 0 Å². The van der Waals surface area contributed by atoms with Crippen LogP contribution in [0.5, 0.6) is 17.2 Å². The quantitative estimate of drug-likeness (QED) is 0.813. The van der Waals surface area contributed by atoms with Crippen LogP contribution >= 0.6 is 0 Å². The molecule has 2 aromatic rings. The highest BCUT2D eigenvalue weighted by Gasteiger charge is 2.03. The number of aliphatic hydroxyl groups excluding tert-OH is 1. The van der Waals surface area contributed by atoms with Crippen LogP contribution in [0.2, 0.25) is 0 Å². The fraction of sp³-hybridized carbons (Fsp3) is 0.250. The highest BCUT2D eigenvalue weighted by Crippen LogP contribution is 2.23. The second kappa shape index (κ2) is 7.53. The fourth-order valence-corrected chi connectivity index (χ4v) is 1.68. The minimum absolute atomic E-state index is 0.0778. The highest BCUT2D eigenvalue weighted by atomic mass is 16.5. The summed E-state index contributed by atoms with van der Waals surface area (Å²) < 4.78 is 11.2. The predicted molar refractivity (Wildman–Crippen MR) is 78.1 cm³/mol. The zero-order valence-corrected chi connectivity index (χ0v) is 11.2. The van der Waals surface area contributed by atoms with E-state index in [0.717, 1.165) is 17.2 Å². The average molecular weight is 273 g/mol. The van der Waals surface area contributed by atoms with E-state index in [0.29, 0.717) is 13.0 Å². The number of nitrogens with two attached hydrogens (primary N) is 1. The van der Waals surface area contributed by atoms with Gasteiger partial charge < -0.3 is 20.3 Å². The molecule has 0 aliphatic heterocycles. The predicted octanol–water partition coefficient (Wildman–Crippen LogP) is 2.57. The first-order chi connectivity index (χ1) is 9.78. The molecule has 0 radical (unpaired) electrons. The van der Waals surface area contributed by atoms with Crippen molar-refractivity contribution in [2.45, 2.75) is 12.5 Å². The Morgan fingerprint density at radius 1 is 0.900 bits per heavy atom. The minimum atomic E-state index is -0.153. The maximum Gasteiger partial charge on any atom is 0.127 e. The first kappa shape index (κ1) is 14.4. The second-order valence-corrected chi connectivity index (χ2v) is 4.47. The summed E-state index contributed by atoms with van der Waals surface area (Å²) >= 11 is 0. The number of aliphatic hydroxyl groups is 1. The molecule has 1 atom stereocenters. The largest absolute Gasteiger partial charge is 0.492 e. The SMILES string of the molecule is NC(CCO)COc1ccc(Oc2ccccc2)cc1. The van der Waals surface area contributed by atoms with Crippen LogP contribution in [0, 0.1) is 0 Å². The maximum absolute atomic E-state index is 8.76. The molecule has 0 aliphatic carbocycles. The van der Waals surface area contributed by atoms with Gasteiger partial charge in [0, 0.05) is 12.6 Å². The zero-order chi connectivity index (χ0) is 14.2. The van der Waals surface area contributed by atoms with Gasteiger partial charge in [-0.05, 0) is 42.8 Å².